The molecule has 0 saturated carbocycles. The SMILES string of the molecule is CCCNC(c1sccc1C)C1CC2CCC1O2. The molecular weight excluding hydrogens is 242 g/mol. The van der Waals surface area contributed by atoms with Gasteiger partial charge in [0.15, 0.2) is 0 Å². The van der Waals surface area contributed by atoms with E-state index in [1.807, 2.05) is 11.3 Å². The third kappa shape index (κ3) is 2.24. The van der Waals surface area contributed by atoms with E-state index in [1.54, 1.807) is 0 Å². The highest BCUT2D eigenvalue weighted by Gasteiger charge is 2.45. The van der Waals surface area contributed by atoms with E-state index in [-0.39, 0.29) is 0 Å². The van der Waals surface area contributed by atoms with Crippen LogP contribution in [0, 0.1) is 12.8 Å². The summed E-state index contributed by atoms with van der Waals surface area (Å²) in [5.74, 6) is 0.688. The summed E-state index contributed by atoms with van der Waals surface area (Å²) in [5.41, 5.74) is 1.44. The molecule has 2 saturated heterocycles. The average Bonchev–Trinajstić information content (AvgIpc) is 3.07. The highest BCUT2D eigenvalue weighted by molar-refractivity contribution is 7.10. The minimum absolute atomic E-state index is 0.505. The van der Waals surface area contributed by atoms with Crippen LogP contribution in [-0.4, -0.2) is 18.8 Å². The summed E-state index contributed by atoms with van der Waals surface area (Å²) in [7, 11) is 0. The second-order valence-corrected chi connectivity index (χ2v) is 6.62. The van der Waals surface area contributed by atoms with E-state index in [0.29, 0.717) is 24.2 Å². The van der Waals surface area contributed by atoms with Gasteiger partial charge in [-0.25, -0.2) is 0 Å². The Balaban J connectivity index is 1.79. The predicted octanol–water partition coefficient (Wildman–Crippen LogP) is 3.66. The van der Waals surface area contributed by atoms with E-state index >= 15 is 0 Å². The van der Waals surface area contributed by atoms with Crippen molar-refractivity contribution < 1.29 is 4.74 Å². The van der Waals surface area contributed by atoms with Gasteiger partial charge in [0.25, 0.3) is 0 Å². The number of nitrogens with one attached hydrogen (secondary N) is 1. The fourth-order valence-electron chi connectivity index (χ4n) is 3.47. The molecule has 4 unspecified atom stereocenters. The van der Waals surface area contributed by atoms with Crippen LogP contribution in [0.15, 0.2) is 11.4 Å². The average molecular weight is 265 g/mol. The first-order chi connectivity index (χ1) is 8.79. The fraction of sp³-hybridized carbons (Fsp3) is 0.733. The smallest absolute Gasteiger partial charge is 0.0627 e. The molecule has 2 aliphatic heterocycles. The van der Waals surface area contributed by atoms with Crippen LogP contribution in [0.2, 0.25) is 0 Å². The van der Waals surface area contributed by atoms with E-state index in [2.05, 4.69) is 30.6 Å². The Morgan fingerprint density at radius 2 is 2.39 bits per heavy atom. The zero-order valence-electron chi connectivity index (χ0n) is 11.3. The first kappa shape index (κ1) is 12.6. The number of ether oxygens (including phenoxy) is 1. The number of thiophene rings is 1. The minimum Gasteiger partial charge on any atom is -0.375 e. The summed E-state index contributed by atoms with van der Waals surface area (Å²) in [6.45, 7) is 5.58. The number of fused-ring (bicyclic) bond motifs is 2. The third-order valence-corrected chi connectivity index (χ3v) is 5.48. The zero-order chi connectivity index (χ0) is 12.5. The molecule has 0 spiro atoms. The van der Waals surface area contributed by atoms with Crippen molar-refractivity contribution in [1.82, 2.24) is 5.32 Å². The number of rotatable bonds is 5. The van der Waals surface area contributed by atoms with Crippen molar-refractivity contribution in [2.75, 3.05) is 6.54 Å². The van der Waals surface area contributed by atoms with Crippen molar-refractivity contribution in [3.05, 3.63) is 21.9 Å². The lowest BCUT2D eigenvalue weighted by molar-refractivity contribution is 0.0859. The number of hydrogen-bond donors (Lipinski definition) is 1. The van der Waals surface area contributed by atoms with Gasteiger partial charge < -0.3 is 10.1 Å². The lowest BCUT2D eigenvalue weighted by Gasteiger charge is -2.29. The Morgan fingerprint density at radius 3 is 2.94 bits per heavy atom. The first-order valence-corrected chi connectivity index (χ1v) is 8.10. The van der Waals surface area contributed by atoms with Gasteiger partial charge in [-0.3, -0.25) is 0 Å². The summed E-state index contributed by atoms with van der Waals surface area (Å²) < 4.78 is 6.05. The lowest BCUT2D eigenvalue weighted by atomic mass is 9.82. The van der Waals surface area contributed by atoms with Crippen molar-refractivity contribution in [1.29, 1.82) is 0 Å². The van der Waals surface area contributed by atoms with Gasteiger partial charge in [-0.2, -0.15) is 0 Å². The third-order valence-electron chi connectivity index (χ3n) is 4.38. The molecule has 1 aromatic rings. The predicted molar refractivity (Wildman–Crippen MR) is 76.1 cm³/mol. The minimum atomic E-state index is 0.505. The molecule has 2 aliphatic rings. The van der Waals surface area contributed by atoms with Gasteiger partial charge in [-0.1, -0.05) is 6.92 Å². The number of hydrogen-bond acceptors (Lipinski definition) is 3. The molecule has 2 fully saturated rings. The highest BCUT2D eigenvalue weighted by Crippen LogP contribution is 2.46. The summed E-state index contributed by atoms with van der Waals surface area (Å²) in [4.78, 5) is 1.53. The van der Waals surface area contributed by atoms with E-state index in [9.17, 15) is 0 Å². The molecule has 1 aromatic heterocycles. The Hall–Kier alpha value is -0.380. The van der Waals surface area contributed by atoms with Crippen LogP contribution < -0.4 is 5.32 Å². The molecule has 0 radical (unpaired) electrons. The Bertz CT molecular complexity index is 403. The van der Waals surface area contributed by atoms with Crippen LogP contribution in [0.25, 0.3) is 0 Å². The Labute approximate surface area is 114 Å². The molecule has 2 nitrogen and oxygen atoms in total. The Kier molecular flexibility index (Phi) is 3.73. The molecule has 2 bridgehead atoms. The van der Waals surface area contributed by atoms with Gasteiger partial charge in [0.1, 0.15) is 0 Å². The Morgan fingerprint density at radius 1 is 1.50 bits per heavy atom. The van der Waals surface area contributed by atoms with E-state index in [4.69, 9.17) is 4.74 Å². The molecule has 3 heteroatoms. The van der Waals surface area contributed by atoms with Crippen LogP contribution in [0.3, 0.4) is 0 Å². The van der Waals surface area contributed by atoms with Crippen molar-refractivity contribution in [2.45, 2.75) is 57.8 Å². The molecule has 0 aromatic carbocycles. The van der Waals surface area contributed by atoms with Crippen molar-refractivity contribution in [3.8, 4) is 0 Å². The number of aryl methyl sites for hydroxylation is 1. The van der Waals surface area contributed by atoms with Crippen molar-refractivity contribution >= 4 is 11.3 Å². The molecule has 4 atom stereocenters. The van der Waals surface area contributed by atoms with Crippen LogP contribution >= 0.6 is 11.3 Å². The highest BCUT2D eigenvalue weighted by atomic mass is 32.1. The summed E-state index contributed by atoms with van der Waals surface area (Å²) in [6, 6.07) is 2.76. The van der Waals surface area contributed by atoms with Crippen molar-refractivity contribution in [2.24, 2.45) is 5.92 Å². The van der Waals surface area contributed by atoms with Crippen LogP contribution in [-0.2, 0) is 4.74 Å². The summed E-state index contributed by atoms with van der Waals surface area (Å²) in [6.07, 6.45) is 6.05. The largest absolute Gasteiger partial charge is 0.375 e. The second-order valence-electron chi connectivity index (χ2n) is 5.67. The molecule has 100 valence electrons. The maximum absolute atomic E-state index is 6.05. The summed E-state index contributed by atoms with van der Waals surface area (Å²) >= 11 is 1.90. The van der Waals surface area contributed by atoms with Crippen LogP contribution in [0.5, 0.6) is 0 Å². The van der Waals surface area contributed by atoms with Gasteiger partial charge in [0, 0.05) is 16.8 Å². The van der Waals surface area contributed by atoms with Gasteiger partial charge in [0.05, 0.1) is 12.2 Å². The monoisotopic (exact) mass is 265 g/mol. The molecular formula is C15H23NOS. The molecule has 3 heterocycles. The molecule has 0 aliphatic carbocycles. The fourth-order valence-corrected chi connectivity index (χ4v) is 4.55. The van der Waals surface area contributed by atoms with Gasteiger partial charge >= 0.3 is 0 Å². The van der Waals surface area contributed by atoms with Crippen molar-refractivity contribution in [3.63, 3.8) is 0 Å². The molecule has 18 heavy (non-hydrogen) atoms. The first-order valence-electron chi connectivity index (χ1n) is 7.22. The molecule has 3 rings (SSSR count). The van der Waals surface area contributed by atoms with Gasteiger partial charge in [-0.15, -0.1) is 11.3 Å². The quantitative estimate of drug-likeness (QED) is 0.877. The lowest BCUT2D eigenvalue weighted by Crippen LogP contribution is -2.34. The normalized spacial score (nSPS) is 32.0. The summed E-state index contributed by atoms with van der Waals surface area (Å²) in [5, 5.41) is 5.99. The van der Waals surface area contributed by atoms with E-state index in [0.717, 1.165) is 6.54 Å². The van der Waals surface area contributed by atoms with Crippen LogP contribution in [0.1, 0.15) is 49.1 Å². The van der Waals surface area contributed by atoms with Crippen LogP contribution in [0.4, 0.5) is 0 Å². The van der Waals surface area contributed by atoms with E-state index in [1.165, 1.54) is 36.1 Å². The maximum atomic E-state index is 6.05. The molecule has 0 amide bonds. The van der Waals surface area contributed by atoms with E-state index < -0.39 is 0 Å². The second kappa shape index (κ2) is 5.32. The standard InChI is InChI=1S/C15H23NOS/c1-3-7-16-14(15-10(2)6-8-18-15)12-9-11-4-5-13(12)17-11/h6,8,11-14,16H,3-5,7,9H2,1-2H3. The zero-order valence-corrected chi connectivity index (χ0v) is 12.1. The van der Waals surface area contributed by atoms with Gasteiger partial charge in [-0.05, 0) is 56.2 Å². The molecule has 1 N–H and O–H groups in total. The maximum Gasteiger partial charge on any atom is 0.0627 e. The van der Waals surface area contributed by atoms with Gasteiger partial charge in [0.2, 0.25) is 0 Å². The topological polar surface area (TPSA) is 21.3 Å².